The highest BCUT2D eigenvalue weighted by Crippen LogP contribution is 2.18. The summed E-state index contributed by atoms with van der Waals surface area (Å²) in [5, 5.41) is 11.7. The lowest BCUT2D eigenvalue weighted by Gasteiger charge is -2.36. The number of hydrogen-bond acceptors (Lipinski definition) is 4. The Kier molecular flexibility index (Phi) is 7.25. The molecule has 2 aromatic rings. The number of piperazine rings is 1. The van der Waals surface area contributed by atoms with Crippen LogP contribution in [0.4, 0.5) is 11.4 Å². The van der Waals surface area contributed by atoms with E-state index < -0.39 is 5.97 Å². The van der Waals surface area contributed by atoms with Gasteiger partial charge in [-0.25, -0.2) is 0 Å². The van der Waals surface area contributed by atoms with Crippen LogP contribution in [0.5, 0.6) is 0 Å². The third-order valence-corrected chi connectivity index (χ3v) is 5.23. The number of aliphatic carboxylic acids is 1. The zero-order valence-corrected chi connectivity index (χ0v) is 16.9. The summed E-state index contributed by atoms with van der Waals surface area (Å²) in [5.74, 6) is -0.830. The van der Waals surface area contributed by atoms with Gasteiger partial charge in [0.05, 0.1) is 0 Å². The summed E-state index contributed by atoms with van der Waals surface area (Å²) in [6.45, 7) is 6.69. The number of amides is 1. The van der Waals surface area contributed by atoms with Crippen LogP contribution in [-0.4, -0.2) is 54.6 Å². The Bertz CT molecular complexity index is 845. The quantitative estimate of drug-likeness (QED) is 0.718. The molecule has 3 rings (SSSR count). The molecule has 2 N–H and O–H groups in total. The Morgan fingerprint density at radius 1 is 1.00 bits per heavy atom. The van der Waals surface area contributed by atoms with Gasteiger partial charge in [-0.15, -0.1) is 0 Å². The van der Waals surface area contributed by atoms with Gasteiger partial charge in [-0.05, 0) is 48.7 Å². The highest BCUT2D eigenvalue weighted by Gasteiger charge is 2.18. The molecule has 1 heterocycles. The van der Waals surface area contributed by atoms with Crippen LogP contribution in [0.3, 0.4) is 0 Å². The van der Waals surface area contributed by atoms with Crippen molar-refractivity contribution in [3.05, 3.63) is 59.7 Å². The predicted octanol–water partition coefficient (Wildman–Crippen LogP) is 3.16. The minimum atomic E-state index is -0.818. The van der Waals surface area contributed by atoms with Crippen molar-refractivity contribution < 1.29 is 14.7 Å². The van der Waals surface area contributed by atoms with E-state index >= 15 is 0 Å². The smallest absolute Gasteiger partial charge is 0.303 e. The number of hydrogen-bond donors (Lipinski definition) is 2. The third-order valence-electron chi connectivity index (χ3n) is 5.23. The molecule has 0 aliphatic carbocycles. The fourth-order valence-electron chi connectivity index (χ4n) is 3.59. The molecular formula is C23H29N3O3. The van der Waals surface area contributed by atoms with Gasteiger partial charge < -0.3 is 15.3 Å². The molecule has 0 aromatic heterocycles. The number of carboxylic acid groups (broad SMARTS) is 1. The van der Waals surface area contributed by atoms with Crippen LogP contribution in [0.1, 0.15) is 24.0 Å². The molecule has 1 aliphatic heterocycles. The van der Waals surface area contributed by atoms with E-state index in [1.165, 1.54) is 11.3 Å². The molecule has 2 aromatic carbocycles. The van der Waals surface area contributed by atoms with E-state index in [0.29, 0.717) is 12.8 Å². The summed E-state index contributed by atoms with van der Waals surface area (Å²) in [5.41, 5.74) is 4.18. The van der Waals surface area contributed by atoms with Crippen LogP contribution in [0.2, 0.25) is 0 Å². The third kappa shape index (κ3) is 6.61. The first-order valence-electron chi connectivity index (χ1n) is 10.1. The normalized spacial score (nSPS) is 14.6. The number of nitrogens with one attached hydrogen (secondary N) is 1. The minimum Gasteiger partial charge on any atom is -0.481 e. The summed E-state index contributed by atoms with van der Waals surface area (Å²) in [7, 11) is 0. The van der Waals surface area contributed by atoms with E-state index in [-0.39, 0.29) is 12.3 Å². The lowest BCUT2D eigenvalue weighted by atomic mass is 10.1. The van der Waals surface area contributed by atoms with E-state index in [1.54, 1.807) is 0 Å². The van der Waals surface area contributed by atoms with Crippen molar-refractivity contribution in [1.29, 1.82) is 0 Å². The van der Waals surface area contributed by atoms with Crippen LogP contribution in [0.25, 0.3) is 0 Å². The van der Waals surface area contributed by atoms with Gasteiger partial charge in [0.2, 0.25) is 5.91 Å². The van der Waals surface area contributed by atoms with Gasteiger partial charge in [0.25, 0.3) is 0 Å². The van der Waals surface area contributed by atoms with E-state index in [2.05, 4.69) is 46.3 Å². The minimum absolute atomic E-state index is 0.0125. The van der Waals surface area contributed by atoms with Crippen LogP contribution in [0.15, 0.2) is 48.5 Å². The molecule has 1 amide bonds. The van der Waals surface area contributed by atoms with Crippen molar-refractivity contribution in [2.45, 2.75) is 26.2 Å². The maximum Gasteiger partial charge on any atom is 0.303 e. The first-order valence-corrected chi connectivity index (χ1v) is 10.1. The fourth-order valence-corrected chi connectivity index (χ4v) is 3.59. The van der Waals surface area contributed by atoms with Crippen molar-refractivity contribution >= 4 is 23.3 Å². The highest BCUT2D eigenvalue weighted by molar-refractivity contribution is 5.90. The molecular weight excluding hydrogens is 366 g/mol. The molecule has 0 saturated carbocycles. The second kappa shape index (κ2) is 10.1. The summed E-state index contributed by atoms with van der Waals surface area (Å²) >= 11 is 0. The molecule has 154 valence electrons. The average molecular weight is 396 g/mol. The Balaban J connectivity index is 1.41. The molecule has 1 fully saturated rings. The number of carboxylic acids is 1. The van der Waals surface area contributed by atoms with Crippen molar-refractivity contribution in [1.82, 2.24) is 4.90 Å². The number of anilines is 2. The van der Waals surface area contributed by atoms with Crippen molar-refractivity contribution in [2.24, 2.45) is 0 Å². The number of carbonyl (C=O) groups is 2. The van der Waals surface area contributed by atoms with Gasteiger partial charge >= 0.3 is 5.97 Å². The summed E-state index contributed by atoms with van der Waals surface area (Å²) in [6, 6.07) is 16.0. The first kappa shape index (κ1) is 20.9. The fraction of sp³-hybridized carbons (Fsp3) is 0.391. The monoisotopic (exact) mass is 395 g/mol. The van der Waals surface area contributed by atoms with Crippen LogP contribution in [-0.2, 0) is 16.0 Å². The van der Waals surface area contributed by atoms with Gasteiger partial charge in [0.1, 0.15) is 0 Å². The molecule has 6 nitrogen and oxygen atoms in total. The zero-order chi connectivity index (χ0) is 20.6. The summed E-state index contributed by atoms with van der Waals surface area (Å²) in [6.07, 6.45) is 1.000. The van der Waals surface area contributed by atoms with Crippen LogP contribution in [0, 0.1) is 6.92 Å². The Hall–Kier alpha value is -2.86. The van der Waals surface area contributed by atoms with Gasteiger partial charge in [-0.3, -0.25) is 14.5 Å². The Morgan fingerprint density at radius 2 is 1.76 bits per heavy atom. The van der Waals surface area contributed by atoms with Crippen molar-refractivity contribution in [3.63, 3.8) is 0 Å². The second-order valence-electron chi connectivity index (χ2n) is 7.56. The largest absolute Gasteiger partial charge is 0.481 e. The lowest BCUT2D eigenvalue weighted by Crippen LogP contribution is -2.47. The molecule has 0 bridgehead atoms. The zero-order valence-electron chi connectivity index (χ0n) is 16.9. The number of carbonyl (C=O) groups excluding carboxylic acids is 1. The molecule has 29 heavy (non-hydrogen) atoms. The maximum atomic E-state index is 12.3. The Labute approximate surface area is 172 Å². The van der Waals surface area contributed by atoms with Crippen LogP contribution >= 0.6 is 0 Å². The van der Waals surface area contributed by atoms with Gasteiger partial charge in [0.15, 0.2) is 0 Å². The van der Waals surface area contributed by atoms with E-state index in [0.717, 1.165) is 44.0 Å². The Morgan fingerprint density at radius 3 is 2.48 bits per heavy atom. The van der Waals surface area contributed by atoms with Crippen molar-refractivity contribution in [3.8, 4) is 0 Å². The van der Waals surface area contributed by atoms with Gasteiger partial charge in [-0.2, -0.15) is 0 Å². The number of benzene rings is 2. The van der Waals surface area contributed by atoms with Gasteiger partial charge in [0, 0.05) is 56.9 Å². The van der Waals surface area contributed by atoms with Crippen molar-refractivity contribution in [2.75, 3.05) is 42.9 Å². The first-order chi connectivity index (χ1) is 14.0. The molecule has 1 aliphatic rings. The molecule has 0 atom stereocenters. The topological polar surface area (TPSA) is 72.9 Å². The number of nitrogens with zero attached hydrogens (tertiary/aromatic N) is 2. The molecule has 0 radical (unpaired) electrons. The van der Waals surface area contributed by atoms with E-state index in [4.69, 9.17) is 5.11 Å². The standard InChI is InChI=1S/C23H29N3O3/c1-18-4-2-7-21(16-18)26-14-12-25(13-15-26)11-10-22(27)24-20-6-3-5-19(17-20)8-9-23(28)29/h2-7,16-17H,8-15H2,1H3,(H,24,27)(H,28,29). The summed E-state index contributed by atoms with van der Waals surface area (Å²) < 4.78 is 0. The van der Waals surface area contributed by atoms with Crippen LogP contribution < -0.4 is 10.2 Å². The second-order valence-corrected chi connectivity index (χ2v) is 7.56. The average Bonchev–Trinajstić information content (AvgIpc) is 2.71. The molecule has 6 heteroatoms. The molecule has 1 saturated heterocycles. The SMILES string of the molecule is Cc1cccc(N2CCN(CCC(=O)Nc3cccc(CCC(=O)O)c3)CC2)c1. The lowest BCUT2D eigenvalue weighted by molar-refractivity contribution is -0.137. The molecule has 0 unspecified atom stereocenters. The maximum absolute atomic E-state index is 12.3. The van der Waals surface area contributed by atoms with E-state index in [9.17, 15) is 9.59 Å². The molecule has 0 spiro atoms. The highest BCUT2D eigenvalue weighted by atomic mass is 16.4. The number of aryl methyl sites for hydroxylation is 2. The number of rotatable bonds is 8. The summed E-state index contributed by atoms with van der Waals surface area (Å²) in [4.78, 5) is 27.7. The van der Waals surface area contributed by atoms with E-state index in [1.807, 2.05) is 24.3 Å². The van der Waals surface area contributed by atoms with Gasteiger partial charge in [-0.1, -0.05) is 24.3 Å². The predicted molar refractivity (Wildman–Crippen MR) is 115 cm³/mol.